The minimum Gasteiger partial charge on any atom is -0.494 e. The fourth-order valence-electron chi connectivity index (χ4n) is 2.23. The first kappa shape index (κ1) is 19.8. The van der Waals surface area contributed by atoms with Gasteiger partial charge in [-0.3, -0.25) is 9.52 Å². The molecule has 2 rings (SSSR count). The highest BCUT2D eigenvalue weighted by Crippen LogP contribution is 2.20. The average Bonchev–Trinajstić information content (AvgIpc) is 2.62. The lowest BCUT2D eigenvalue weighted by Crippen LogP contribution is -2.31. The molecule has 0 aliphatic heterocycles. The standard InChI is InChI=1S/C19H24N2O4S/c1-4-14(3)20-19(22)15-7-6-8-16(13-15)21-26(23,24)18-11-9-17(10-12-18)25-5-2/h6-14,21H,4-5H2,1-3H3,(H,20,22). The van der Waals surface area contributed by atoms with Gasteiger partial charge in [0.05, 0.1) is 11.5 Å². The van der Waals surface area contributed by atoms with Gasteiger partial charge in [-0.25, -0.2) is 8.42 Å². The van der Waals surface area contributed by atoms with E-state index in [-0.39, 0.29) is 16.8 Å². The molecule has 1 atom stereocenters. The molecule has 2 aromatic carbocycles. The fourth-order valence-corrected chi connectivity index (χ4v) is 3.28. The van der Waals surface area contributed by atoms with Crippen molar-refractivity contribution in [2.75, 3.05) is 11.3 Å². The van der Waals surface area contributed by atoms with Gasteiger partial charge in [-0.2, -0.15) is 0 Å². The number of sulfonamides is 1. The van der Waals surface area contributed by atoms with E-state index in [4.69, 9.17) is 4.74 Å². The number of carbonyl (C=O) groups excluding carboxylic acids is 1. The van der Waals surface area contributed by atoms with E-state index in [0.29, 0.717) is 23.6 Å². The molecule has 7 heteroatoms. The Morgan fingerprint density at radius 2 is 1.81 bits per heavy atom. The van der Waals surface area contributed by atoms with Gasteiger partial charge in [0.15, 0.2) is 0 Å². The zero-order chi connectivity index (χ0) is 19.2. The average molecular weight is 376 g/mol. The van der Waals surface area contributed by atoms with E-state index < -0.39 is 10.0 Å². The van der Waals surface area contributed by atoms with Gasteiger partial charge in [-0.1, -0.05) is 13.0 Å². The van der Waals surface area contributed by atoms with Gasteiger partial charge < -0.3 is 10.1 Å². The van der Waals surface area contributed by atoms with Crippen LogP contribution in [0.25, 0.3) is 0 Å². The van der Waals surface area contributed by atoms with Gasteiger partial charge in [0.1, 0.15) is 5.75 Å². The molecular weight excluding hydrogens is 352 g/mol. The van der Waals surface area contributed by atoms with Crippen molar-refractivity contribution >= 4 is 21.6 Å². The molecule has 1 amide bonds. The largest absolute Gasteiger partial charge is 0.494 e. The van der Waals surface area contributed by atoms with Crippen LogP contribution in [0.1, 0.15) is 37.6 Å². The zero-order valence-electron chi connectivity index (χ0n) is 15.2. The molecule has 0 spiro atoms. The molecule has 0 fully saturated rings. The van der Waals surface area contributed by atoms with Crippen molar-refractivity contribution in [2.45, 2.75) is 38.1 Å². The summed E-state index contributed by atoms with van der Waals surface area (Å²) in [5.41, 5.74) is 0.730. The molecule has 1 unspecified atom stereocenters. The Bertz CT molecular complexity index is 848. The third-order valence-corrected chi connectivity index (χ3v) is 5.21. The summed E-state index contributed by atoms with van der Waals surface area (Å²) in [6.07, 6.45) is 0.815. The van der Waals surface area contributed by atoms with Gasteiger partial charge in [0, 0.05) is 17.3 Å². The molecule has 0 aliphatic rings. The van der Waals surface area contributed by atoms with Crippen molar-refractivity contribution in [3.05, 3.63) is 54.1 Å². The summed E-state index contributed by atoms with van der Waals surface area (Å²) in [6.45, 7) is 6.26. The second-order valence-electron chi connectivity index (χ2n) is 5.87. The summed E-state index contributed by atoms with van der Waals surface area (Å²) in [7, 11) is -3.75. The van der Waals surface area contributed by atoms with Crippen molar-refractivity contribution in [3.8, 4) is 5.75 Å². The number of carbonyl (C=O) groups is 1. The van der Waals surface area contributed by atoms with Gasteiger partial charge >= 0.3 is 0 Å². The second kappa shape index (κ2) is 8.71. The van der Waals surface area contributed by atoms with Gasteiger partial charge in [0.2, 0.25) is 0 Å². The van der Waals surface area contributed by atoms with E-state index in [9.17, 15) is 13.2 Å². The van der Waals surface area contributed by atoms with E-state index in [1.165, 1.54) is 18.2 Å². The molecular formula is C19H24N2O4S. The lowest BCUT2D eigenvalue weighted by atomic mass is 10.1. The maximum Gasteiger partial charge on any atom is 0.261 e. The molecule has 6 nitrogen and oxygen atoms in total. The first-order chi connectivity index (χ1) is 12.4. The maximum absolute atomic E-state index is 12.5. The van der Waals surface area contributed by atoms with Crippen molar-refractivity contribution in [3.63, 3.8) is 0 Å². The molecule has 140 valence electrons. The monoisotopic (exact) mass is 376 g/mol. The van der Waals surface area contributed by atoms with Crippen molar-refractivity contribution in [2.24, 2.45) is 0 Å². The Morgan fingerprint density at radius 3 is 2.42 bits per heavy atom. The molecule has 0 bridgehead atoms. The molecule has 26 heavy (non-hydrogen) atoms. The normalized spacial score (nSPS) is 12.3. The van der Waals surface area contributed by atoms with Crippen molar-refractivity contribution < 1.29 is 17.9 Å². The molecule has 2 aromatic rings. The summed E-state index contributed by atoms with van der Waals surface area (Å²) in [5.74, 6) is 0.372. The Balaban J connectivity index is 2.16. The molecule has 0 saturated heterocycles. The van der Waals surface area contributed by atoms with Crippen LogP contribution >= 0.6 is 0 Å². The van der Waals surface area contributed by atoms with E-state index >= 15 is 0 Å². The molecule has 0 heterocycles. The molecule has 0 aliphatic carbocycles. The number of benzene rings is 2. The van der Waals surface area contributed by atoms with Crippen LogP contribution in [-0.2, 0) is 10.0 Å². The number of hydrogen-bond donors (Lipinski definition) is 2. The minimum atomic E-state index is -3.75. The van der Waals surface area contributed by atoms with Gasteiger partial charge in [-0.15, -0.1) is 0 Å². The fraction of sp³-hybridized carbons (Fsp3) is 0.316. The van der Waals surface area contributed by atoms with E-state index in [1.807, 2.05) is 20.8 Å². The second-order valence-corrected chi connectivity index (χ2v) is 7.56. The summed E-state index contributed by atoms with van der Waals surface area (Å²) >= 11 is 0. The van der Waals surface area contributed by atoms with Crippen LogP contribution in [0.3, 0.4) is 0 Å². The molecule has 0 radical (unpaired) electrons. The predicted octanol–water partition coefficient (Wildman–Crippen LogP) is 3.41. The first-order valence-corrected chi connectivity index (χ1v) is 10.0. The number of ether oxygens (including phenoxy) is 1. The predicted molar refractivity (Wildman–Crippen MR) is 102 cm³/mol. The Kier molecular flexibility index (Phi) is 6.63. The summed E-state index contributed by atoms with van der Waals surface area (Å²) in [6, 6.07) is 12.6. The highest BCUT2D eigenvalue weighted by atomic mass is 32.2. The summed E-state index contributed by atoms with van der Waals surface area (Å²) < 4.78 is 32.9. The van der Waals surface area contributed by atoms with Crippen molar-refractivity contribution in [1.82, 2.24) is 5.32 Å². The quantitative estimate of drug-likeness (QED) is 0.739. The highest BCUT2D eigenvalue weighted by Gasteiger charge is 2.16. The lowest BCUT2D eigenvalue weighted by molar-refractivity contribution is 0.0939. The lowest BCUT2D eigenvalue weighted by Gasteiger charge is -2.13. The zero-order valence-corrected chi connectivity index (χ0v) is 16.0. The van der Waals surface area contributed by atoms with Crippen LogP contribution in [0.2, 0.25) is 0 Å². The van der Waals surface area contributed by atoms with Gasteiger partial charge in [-0.05, 0) is 62.7 Å². The maximum atomic E-state index is 12.5. The smallest absolute Gasteiger partial charge is 0.261 e. The number of nitrogens with one attached hydrogen (secondary N) is 2. The highest BCUT2D eigenvalue weighted by molar-refractivity contribution is 7.92. The van der Waals surface area contributed by atoms with Gasteiger partial charge in [0.25, 0.3) is 15.9 Å². The van der Waals surface area contributed by atoms with Crippen molar-refractivity contribution in [1.29, 1.82) is 0 Å². The first-order valence-electron chi connectivity index (χ1n) is 8.52. The van der Waals surface area contributed by atoms with Crippen LogP contribution in [0.15, 0.2) is 53.4 Å². The van der Waals surface area contributed by atoms with Crippen LogP contribution in [-0.4, -0.2) is 27.0 Å². The topological polar surface area (TPSA) is 84.5 Å². The number of rotatable bonds is 8. The minimum absolute atomic E-state index is 0.0479. The molecule has 0 aromatic heterocycles. The Hall–Kier alpha value is -2.54. The molecule has 2 N–H and O–H groups in total. The SMILES string of the molecule is CCOc1ccc(S(=O)(=O)Nc2cccc(C(=O)NC(C)CC)c2)cc1. The molecule has 0 saturated carbocycles. The van der Waals surface area contributed by atoms with Crippen LogP contribution in [0.4, 0.5) is 5.69 Å². The number of hydrogen-bond acceptors (Lipinski definition) is 4. The van der Waals surface area contributed by atoms with E-state index in [0.717, 1.165) is 6.42 Å². The van der Waals surface area contributed by atoms with E-state index in [2.05, 4.69) is 10.0 Å². The summed E-state index contributed by atoms with van der Waals surface area (Å²) in [4.78, 5) is 12.3. The summed E-state index contributed by atoms with van der Waals surface area (Å²) in [5, 5.41) is 2.86. The van der Waals surface area contributed by atoms with Crippen LogP contribution in [0.5, 0.6) is 5.75 Å². The Labute approximate surface area is 154 Å². The number of anilines is 1. The number of amides is 1. The van der Waals surface area contributed by atoms with Crippen LogP contribution < -0.4 is 14.8 Å². The third-order valence-electron chi connectivity index (χ3n) is 3.81. The third kappa shape index (κ3) is 5.23. The van der Waals surface area contributed by atoms with E-state index in [1.54, 1.807) is 30.3 Å². The Morgan fingerprint density at radius 1 is 1.12 bits per heavy atom. The van der Waals surface area contributed by atoms with Crippen LogP contribution in [0, 0.1) is 0 Å².